The Morgan fingerprint density at radius 2 is 2.05 bits per heavy atom. The van der Waals surface area contributed by atoms with E-state index in [0.717, 1.165) is 18.7 Å². The topological polar surface area (TPSA) is 93.4 Å². The number of rotatable bonds is 6. The summed E-state index contributed by atoms with van der Waals surface area (Å²) in [5.74, 6) is 0.273. The summed E-state index contributed by atoms with van der Waals surface area (Å²) in [6, 6.07) is 7.07. The van der Waals surface area contributed by atoms with Gasteiger partial charge < -0.3 is 21.1 Å². The van der Waals surface area contributed by atoms with Crippen LogP contribution in [0, 0.1) is 5.41 Å². The quantitative estimate of drug-likeness (QED) is 0.734. The van der Waals surface area contributed by atoms with Crippen LogP contribution in [0.4, 0.5) is 5.69 Å². The summed E-state index contributed by atoms with van der Waals surface area (Å²) in [5.41, 5.74) is 5.42. The Labute approximate surface area is 136 Å². The number of hydrogen-bond acceptors (Lipinski definition) is 4. The molecule has 1 aliphatic heterocycles. The molecule has 0 saturated carbocycles. The normalized spacial score (nSPS) is 20.0. The fraction of sp³-hybridized carbons (Fsp3) is 0.467. The third kappa shape index (κ3) is 4.89. The fourth-order valence-corrected chi connectivity index (χ4v) is 2.20. The molecule has 4 N–H and O–H groups in total. The highest BCUT2D eigenvalue weighted by atomic mass is 35.5. The zero-order valence-electron chi connectivity index (χ0n) is 12.6. The summed E-state index contributed by atoms with van der Waals surface area (Å²) in [4.78, 5) is 22.8. The van der Waals surface area contributed by atoms with Crippen molar-refractivity contribution < 1.29 is 14.3 Å². The maximum atomic E-state index is 12.2. The first-order valence-electron chi connectivity index (χ1n) is 7.03. The van der Waals surface area contributed by atoms with Crippen LogP contribution in [-0.2, 0) is 9.59 Å². The average molecular weight is 328 g/mol. The molecule has 2 rings (SSSR count). The van der Waals surface area contributed by atoms with Gasteiger partial charge in [-0.1, -0.05) is 0 Å². The number of amides is 2. The van der Waals surface area contributed by atoms with Gasteiger partial charge in [0.1, 0.15) is 5.75 Å². The summed E-state index contributed by atoms with van der Waals surface area (Å²) < 4.78 is 5.37. The van der Waals surface area contributed by atoms with Crippen LogP contribution in [0.3, 0.4) is 0 Å². The number of carbonyl (C=O) groups excluding carboxylic acids is 2. The van der Waals surface area contributed by atoms with Crippen LogP contribution in [0.1, 0.15) is 19.8 Å². The van der Waals surface area contributed by atoms with Gasteiger partial charge in [-0.3, -0.25) is 9.59 Å². The number of primary amides is 1. The van der Waals surface area contributed by atoms with Crippen LogP contribution in [0.2, 0.25) is 0 Å². The molecule has 122 valence electrons. The van der Waals surface area contributed by atoms with Crippen molar-refractivity contribution in [1.82, 2.24) is 5.32 Å². The zero-order chi connectivity index (χ0) is 15.3. The number of ether oxygens (including phenoxy) is 1. The van der Waals surface area contributed by atoms with E-state index in [1.807, 2.05) is 6.92 Å². The third-order valence-electron chi connectivity index (χ3n) is 3.65. The highest BCUT2D eigenvalue weighted by Crippen LogP contribution is 2.26. The molecule has 1 unspecified atom stereocenters. The predicted octanol–water partition coefficient (Wildman–Crippen LogP) is 1.30. The SMILES string of the molecule is CC1(C(=O)Nc2ccc(OCCC(N)=O)cc2)CCNC1.Cl. The molecule has 7 heteroatoms. The Hall–Kier alpha value is -1.79. The molecule has 0 aliphatic carbocycles. The summed E-state index contributed by atoms with van der Waals surface area (Å²) in [6.45, 7) is 3.79. The van der Waals surface area contributed by atoms with Crippen molar-refractivity contribution in [2.45, 2.75) is 19.8 Å². The molecule has 1 aromatic carbocycles. The molecule has 1 heterocycles. The minimum absolute atomic E-state index is 0. The van der Waals surface area contributed by atoms with E-state index in [4.69, 9.17) is 10.5 Å². The van der Waals surface area contributed by atoms with Gasteiger partial charge >= 0.3 is 0 Å². The van der Waals surface area contributed by atoms with Gasteiger partial charge in [-0.2, -0.15) is 0 Å². The molecule has 0 radical (unpaired) electrons. The lowest BCUT2D eigenvalue weighted by molar-refractivity contribution is -0.123. The Morgan fingerprint density at radius 1 is 1.36 bits per heavy atom. The lowest BCUT2D eigenvalue weighted by Crippen LogP contribution is -2.35. The van der Waals surface area contributed by atoms with E-state index in [1.165, 1.54) is 0 Å². The van der Waals surface area contributed by atoms with Crippen LogP contribution in [-0.4, -0.2) is 31.5 Å². The Kier molecular flexibility index (Phi) is 6.64. The molecule has 0 bridgehead atoms. The highest BCUT2D eigenvalue weighted by molar-refractivity contribution is 5.95. The van der Waals surface area contributed by atoms with E-state index in [2.05, 4.69) is 10.6 Å². The van der Waals surface area contributed by atoms with Crippen molar-refractivity contribution in [3.05, 3.63) is 24.3 Å². The van der Waals surface area contributed by atoms with Crippen molar-refractivity contribution in [3.8, 4) is 5.75 Å². The van der Waals surface area contributed by atoms with Crippen LogP contribution in [0.15, 0.2) is 24.3 Å². The predicted molar refractivity (Wildman–Crippen MR) is 87.2 cm³/mol. The minimum atomic E-state index is -0.391. The summed E-state index contributed by atoms with van der Waals surface area (Å²) in [6.07, 6.45) is 1.02. The van der Waals surface area contributed by atoms with Gasteiger partial charge in [-0.15, -0.1) is 12.4 Å². The number of halogens is 1. The molecule has 1 saturated heterocycles. The summed E-state index contributed by atoms with van der Waals surface area (Å²) in [5, 5.41) is 6.12. The number of nitrogens with one attached hydrogen (secondary N) is 2. The first kappa shape index (κ1) is 18.3. The van der Waals surface area contributed by atoms with Crippen LogP contribution < -0.4 is 21.1 Å². The number of benzene rings is 1. The first-order valence-corrected chi connectivity index (χ1v) is 7.03. The second kappa shape index (κ2) is 8.00. The number of nitrogens with two attached hydrogens (primary N) is 1. The molecular weight excluding hydrogens is 306 g/mol. The second-order valence-electron chi connectivity index (χ2n) is 5.53. The molecule has 1 atom stereocenters. The van der Waals surface area contributed by atoms with E-state index < -0.39 is 5.91 Å². The monoisotopic (exact) mass is 327 g/mol. The van der Waals surface area contributed by atoms with Crippen molar-refractivity contribution in [2.75, 3.05) is 25.0 Å². The molecule has 1 fully saturated rings. The Balaban J connectivity index is 0.00000242. The molecule has 1 aliphatic rings. The van der Waals surface area contributed by atoms with Crippen LogP contribution >= 0.6 is 12.4 Å². The standard InChI is InChI=1S/C15H21N3O3.ClH/c1-15(7-8-17-10-15)14(20)18-11-2-4-12(5-3-11)21-9-6-13(16)19;/h2-5,17H,6-10H2,1H3,(H2,16,19)(H,18,20);1H. The maximum absolute atomic E-state index is 12.2. The molecule has 0 spiro atoms. The fourth-order valence-electron chi connectivity index (χ4n) is 2.20. The third-order valence-corrected chi connectivity index (χ3v) is 3.65. The van der Waals surface area contributed by atoms with Gasteiger partial charge in [0.2, 0.25) is 11.8 Å². The van der Waals surface area contributed by atoms with Gasteiger partial charge in [-0.25, -0.2) is 0 Å². The van der Waals surface area contributed by atoms with Gasteiger partial charge in [0, 0.05) is 12.2 Å². The van der Waals surface area contributed by atoms with Crippen molar-refractivity contribution in [2.24, 2.45) is 11.1 Å². The lowest BCUT2D eigenvalue weighted by Gasteiger charge is -2.21. The molecule has 1 aromatic rings. The van der Waals surface area contributed by atoms with E-state index >= 15 is 0 Å². The first-order chi connectivity index (χ1) is 9.99. The molecule has 0 aromatic heterocycles. The van der Waals surface area contributed by atoms with Crippen LogP contribution in [0.25, 0.3) is 0 Å². The average Bonchev–Trinajstić information content (AvgIpc) is 2.89. The summed E-state index contributed by atoms with van der Waals surface area (Å²) in [7, 11) is 0. The Morgan fingerprint density at radius 3 is 2.59 bits per heavy atom. The zero-order valence-corrected chi connectivity index (χ0v) is 13.4. The van der Waals surface area contributed by atoms with Crippen LogP contribution in [0.5, 0.6) is 5.75 Å². The number of hydrogen-bond donors (Lipinski definition) is 3. The van der Waals surface area contributed by atoms with E-state index in [0.29, 0.717) is 12.3 Å². The van der Waals surface area contributed by atoms with Gasteiger partial charge in [0.25, 0.3) is 0 Å². The largest absolute Gasteiger partial charge is 0.493 e. The van der Waals surface area contributed by atoms with Crippen molar-refractivity contribution in [1.29, 1.82) is 0 Å². The lowest BCUT2D eigenvalue weighted by atomic mass is 9.89. The molecule has 2 amide bonds. The number of carbonyl (C=O) groups is 2. The van der Waals surface area contributed by atoms with E-state index in [1.54, 1.807) is 24.3 Å². The van der Waals surface area contributed by atoms with Gasteiger partial charge in [-0.05, 0) is 44.2 Å². The number of anilines is 1. The maximum Gasteiger partial charge on any atom is 0.231 e. The molecular formula is C15H22ClN3O3. The minimum Gasteiger partial charge on any atom is -0.493 e. The van der Waals surface area contributed by atoms with Gasteiger partial charge in [0.05, 0.1) is 18.4 Å². The smallest absolute Gasteiger partial charge is 0.231 e. The highest BCUT2D eigenvalue weighted by Gasteiger charge is 2.36. The van der Waals surface area contributed by atoms with Gasteiger partial charge in [0.15, 0.2) is 0 Å². The van der Waals surface area contributed by atoms with E-state index in [-0.39, 0.29) is 36.8 Å². The Bertz CT molecular complexity index is 513. The summed E-state index contributed by atoms with van der Waals surface area (Å²) >= 11 is 0. The molecule has 22 heavy (non-hydrogen) atoms. The van der Waals surface area contributed by atoms with E-state index in [9.17, 15) is 9.59 Å². The van der Waals surface area contributed by atoms with Crippen molar-refractivity contribution in [3.63, 3.8) is 0 Å². The van der Waals surface area contributed by atoms with Crippen molar-refractivity contribution >= 4 is 29.9 Å². The molecule has 6 nitrogen and oxygen atoms in total. The second-order valence-corrected chi connectivity index (χ2v) is 5.53.